The van der Waals surface area contributed by atoms with Gasteiger partial charge in [-0.05, 0) is 68.2 Å². The van der Waals surface area contributed by atoms with Crippen molar-refractivity contribution in [2.24, 2.45) is 0 Å². The molecule has 0 N–H and O–H groups in total. The second kappa shape index (κ2) is 6.69. The highest BCUT2D eigenvalue weighted by atomic mass is 35.5. The highest BCUT2D eigenvalue weighted by Crippen LogP contribution is 2.73. The summed E-state index contributed by atoms with van der Waals surface area (Å²) in [4.78, 5) is 0. The lowest BCUT2D eigenvalue weighted by molar-refractivity contribution is 0.00578. The number of hydrogen-bond acceptors (Lipinski definition) is 6. The third-order valence-corrected chi connectivity index (χ3v) is 10.5. The van der Waals surface area contributed by atoms with Crippen LogP contribution in [-0.4, -0.2) is 28.3 Å². The van der Waals surface area contributed by atoms with Crippen LogP contribution in [0, 0.1) is 0 Å². The van der Waals surface area contributed by atoms with Gasteiger partial charge >= 0.3 is 15.2 Å². The third kappa shape index (κ3) is 4.03. The second-order valence-corrected chi connectivity index (χ2v) is 12.9. The predicted octanol–water partition coefficient (Wildman–Crippen LogP) is 6.44. The Balaban J connectivity index is 2.45. The summed E-state index contributed by atoms with van der Waals surface area (Å²) in [5.74, 6) is 1.70. The van der Waals surface area contributed by atoms with E-state index >= 15 is 0 Å². The van der Waals surface area contributed by atoms with Gasteiger partial charge < -0.3 is 0 Å². The fourth-order valence-electron chi connectivity index (χ4n) is 2.59. The summed E-state index contributed by atoms with van der Waals surface area (Å²) in [5, 5.41) is 0.300. The van der Waals surface area contributed by atoms with E-state index in [1.165, 1.54) is 5.82 Å². The maximum absolute atomic E-state index is 13.5. The molecule has 0 aromatic rings. The first-order valence-electron chi connectivity index (χ1n) is 8.80. The summed E-state index contributed by atoms with van der Waals surface area (Å²) in [6.07, 6.45) is 0.863. The minimum absolute atomic E-state index is 0.300. The van der Waals surface area contributed by atoms with Crippen LogP contribution in [-0.2, 0) is 27.2 Å². The molecule has 2 rings (SSSR count). The molecular formula is C17H31ClO6P2. The van der Waals surface area contributed by atoms with Crippen molar-refractivity contribution in [1.82, 2.24) is 0 Å². The van der Waals surface area contributed by atoms with Crippen molar-refractivity contribution in [1.29, 1.82) is 0 Å². The van der Waals surface area contributed by atoms with E-state index in [9.17, 15) is 9.13 Å². The zero-order valence-corrected chi connectivity index (χ0v) is 19.5. The summed E-state index contributed by atoms with van der Waals surface area (Å²) in [6.45, 7) is 14.5. The molecular weight excluding hydrogens is 398 g/mol. The second-order valence-electron chi connectivity index (χ2n) is 8.86. The molecule has 0 amide bonds. The van der Waals surface area contributed by atoms with E-state index in [0.29, 0.717) is 24.0 Å². The average Bonchev–Trinajstić information content (AvgIpc) is 2.67. The molecule has 2 aliphatic rings. The van der Waals surface area contributed by atoms with Gasteiger partial charge in [0.15, 0.2) is 0 Å². The number of hydrogen-bond donors (Lipinski definition) is 0. The van der Waals surface area contributed by atoms with Gasteiger partial charge in [0.25, 0.3) is 0 Å². The van der Waals surface area contributed by atoms with Crippen LogP contribution in [0.2, 0.25) is 0 Å². The van der Waals surface area contributed by atoms with E-state index in [1.54, 1.807) is 0 Å². The van der Waals surface area contributed by atoms with Gasteiger partial charge in [-0.15, -0.1) is 11.6 Å². The zero-order chi connectivity index (χ0) is 20.2. The van der Waals surface area contributed by atoms with Crippen LogP contribution in [0.5, 0.6) is 0 Å². The molecule has 0 radical (unpaired) electrons. The fraction of sp³-hybridized carbons (Fsp3) is 0.882. The van der Waals surface area contributed by atoms with E-state index in [2.05, 4.69) is 0 Å². The Morgan fingerprint density at radius 2 is 1.19 bits per heavy atom. The van der Waals surface area contributed by atoms with Crippen molar-refractivity contribution in [2.45, 2.75) is 90.6 Å². The smallest absolute Gasteiger partial charge is 0.296 e. The van der Waals surface area contributed by atoms with Crippen LogP contribution in [0.1, 0.15) is 68.2 Å². The van der Waals surface area contributed by atoms with E-state index in [4.69, 9.17) is 29.7 Å². The molecule has 0 aliphatic carbocycles. The van der Waals surface area contributed by atoms with Crippen molar-refractivity contribution in [2.75, 3.05) is 5.88 Å². The molecule has 0 saturated carbocycles. The van der Waals surface area contributed by atoms with Gasteiger partial charge in [0.2, 0.25) is 0 Å². The molecule has 2 fully saturated rings. The molecule has 0 aromatic carbocycles. The molecule has 0 aromatic heterocycles. The standard InChI is InChI=1S/C17H31ClO6P2/c1-14(2)15(3,4)22-25(19,21-14)12-13(10-9-11-18)26(20)23-16(5,6)17(7,8)24-26/h12H,9-11H2,1-8H3/b13-12-. The van der Waals surface area contributed by atoms with Gasteiger partial charge in [0.1, 0.15) is 22.4 Å². The van der Waals surface area contributed by atoms with Gasteiger partial charge in [0.05, 0.1) is 0 Å². The Kier molecular flexibility index (Phi) is 5.82. The molecule has 6 nitrogen and oxygen atoms in total. The van der Waals surface area contributed by atoms with Crippen LogP contribution in [0.4, 0.5) is 0 Å². The topological polar surface area (TPSA) is 71.1 Å². The lowest BCUT2D eigenvalue weighted by atomic mass is 9.90. The number of allylic oxidation sites excluding steroid dienone is 1. The molecule has 0 spiro atoms. The van der Waals surface area contributed by atoms with Crippen LogP contribution < -0.4 is 0 Å². The van der Waals surface area contributed by atoms with Crippen LogP contribution >= 0.6 is 26.8 Å². The molecule has 0 atom stereocenters. The maximum atomic E-state index is 13.5. The zero-order valence-electron chi connectivity index (χ0n) is 16.9. The summed E-state index contributed by atoms with van der Waals surface area (Å²) in [5.41, 5.74) is -3.07. The van der Waals surface area contributed by atoms with Crippen LogP contribution in [0.3, 0.4) is 0 Å². The monoisotopic (exact) mass is 428 g/mol. The van der Waals surface area contributed by atoms with E-state index in [1.807, 2.05) is 55.4 Å². The first-order valence-corrected chi connectivity index (χ1v) is 12.5. The summed E-state index contributed by atoms with van der Waals surface area (Å²) >= 11 is 5.82. The molecule has 2 saturated heterocycles. The normalized spacial score (nSPS) is 30.4. The molecule has 0 unspecified atom stereocenters. The van der Waals surface area contributed by atoms with Gasteiger partial charge in [0, 0.05) is 17.0 Å². The number of rotatable bonds is 5. The van der Waals surface area contributed by atoms with Crippen molar-refractivity contribution in [3.05, 3.63) is 11.1 Å². The maximum Gasteiger partial charge on any atom is 0.358 e. The third-order valence-electron chi connectivity index (χ3n) is 5.53. The first kappa shape index (κ1) is 22.6. The summed E-state index contributed by atoms with van der Waals surface area (Å²) < 4.78 is 50.0. The lowest BCUT2D eigenvalue weighted by Gasteiger charge is -2.29. The van der Waals surface area contributed by atoms with Crippen molar-refractivity contribution < 1.29 is 27.2 Å². The van der Waals surface area contributed by atoms with Crippen LogP contribution in [0.25, 0.3) is 0 Å². The van der Waals surface area contributed by atoms with E-state index < -0.39 is 37.6 Å². The fourth-order valence-corrected chi connectivity index (χ4v) is 8.40. The summed E-state index contributed by atoms with van der Waals surface area (Å²) in [7, 11) is -7.29. The molecule has 152 valence electrons. The quantitative estimate of drug-likeness (QED) is 0.370. The van der Waals surface area contributed by atoms with Gasteiger partial charge in [-0.2, -0.15) is 0 Å². The molecule has 9 heteroatoms. The van der Waals surface area contributed by atoms with Crippen LogP contribution in [0.15, 0.2) is 11.1 Å². The number of halogens is 1. The Morgan fingerprint density at radius 1 is 0.808 bits per heavy atom. The van der Waals surface area contributed by atoms with E-state index in [0.717, 1.165) is 0 Å². The Bertz CT molecular complexity index is 655. The highest BCUT2D eigenvalue weighted by Gasteiger charge is 2.59. The van der Waals surface area contributed by atoms with Crippen molar-refractivity contribution in [3.8, 4) is 0 Å². The van der Waals surface area contributed by atoms with Gasteiger partial charge in [-0.1, -0.05) is 0 Å². The molecule has 2 aliphatic heterocycles. The lowest BCUT2D eigenvalue weighted by Crippen LogP contribution is -2.41. The molecule has 0 bridgehead atoms. The molecule has 2 heterocycles. The number of alkyl halides is 1. The summed E-state index contributed by atoms with van der Waals surface area (Å²) in [6, 6.07) is 0. The Morgan fingerprint density at radius 3 is 1.58 bits per heavy atom. The molecule has 26 heavy (non-hydrogen) atoms. The van der Waals surface area contributed by atoms with Crippen molar-refractivity contribution in [3.63, 3.8) is 0 Å². The Hall–Kier alpha value is 0.330. The minimum atomic E-state index is -3.66. The predicted molar refractivity (Wildman–Crippen MR) is 104 cm³/mol. The average molecular weight is 429 g/mol. The van der Waals surface area contributed by atoms with Gasteiger partial charge in [-0.25, -0.2) is 0 Å². The Labute approximate surface area is 162 Å². The van der Waals surface area contributed by atoms with Gasteiger partial charge in [-0.3, -0.25) is 27.2 Å². The first-order chi connectivity index (χ1) is 11.5. The minimum Gasteiger partial charge on any atom is -0.296 e. The largest absolute Gasteiger partial charge is 0.358 e. The highest BCUT2D eigenvalue weighted by molar-refractivity contribution is 7.62. The van der Waals surface area contributed by atoms with E-state index in [-0.39, 0.29) is 0 Å². The van der Waals surface area contributed by atoms with Crippen molar-refractivity contribution >= 4 is 26.8 Å². The SMILES string of the molecule is CC1(C)OP(=O)(/C=C(/CCCCl)P2(=O)OC(C)(C)C(C)(C)O2)OC1(C)C.